The molecule has 1 fully saturated rings. The Labute approximate surface area is 207 Å². The average molecular weight is 473 g/mol. The quantitative estimate of drug-likeness (QED) is 0.338. The number of para-hydroxylation sites is 2. The van der Waals surface area contributed by atoms with Gasteiger partial charge in [-0.1, -0.05) is 61.7 Å². The van der Waals surface area contributed by atoms with Gasteiger partial charge in [0.05, 0.1) is 22.1 Å². The summed E-state index contributed by atoms with van der Waals surface area (Å²) in [6.07, 6.45) is 6.00. The lowest BCUT2D eigenvalue weighted by Gasteiger charge is -2.26. The molecule has 8 heteroatoms. The van der Waals surface area contributed by atoms with Crippen molar-refractivity contribution >= 4 is 22.1 Å². The number of hydrogen-bond donors (Lipinski definition) is 1. The minimum atomic E-state index is 0.369. The third kappa shape index (κ3) is 3.53. The first-order valence-corrected chi connectivity index (χ1v) is 12.4. The minimum Gasteiger partial charge on any atom is -0.319 e. The fourth-order valence-electron chi connectivity index (χ4n) is 5.36. The maximum absolute atomic E-state index is 5.20. The summed E-state index contributed by atoms with van der Waals surface area (Å²) in [6.45, 7) is 0. The van der Waals surface area contributed by atoms with Crippen molar-refractivity contribution in [3.8, 4) is 34.2 Å². The molecule has 0 bridgehead atoms. The molecule has 6 aromatic rings. The molecule has 3 heterocycles. The lowest BCUT2D eigenvalue weighted by molar-refractivity contribution is 0.362. The van der Waals surface area contributed by atoms with Gasteiger partial charge in [-0.2, -0.15) is 0 Å². The molecule has 0 amide bonds. The molecule has 176 valence electrons. The Morgan fingerprint density at radius 2 is 1.44 bits per heavy atom. The zero-order valence-corrected chi connectivity index (χ0v) is 19.7. The summed E-state index contributed by atoms with van der Waals surface area (Å²) < 4.78 is 2.40. The molecule has 8 nitrogen and oxygen atoms in total. The number of nitrogens with zero attached hydrogens (tertiary/aromatic N) is 7. The highest BCUT2D eigenvalue weighted by atomic mass is 15.5. The fourth-order valence-corrected chi connectivity index (χ4v) is 5.36. The Kier molecular flexibility index (Phi) is 5.01. The zero-order chi connectivity index (χ0) is 23.9. The van der Waals surface area contributed by atoms with Gasteiger partial charge < -0.3 is 4.57 Å². The number of imidazole rings is 1. The monoisotopic (exact) mass is 472 g/mol. The number of aromatic amines is 1. The van der Waals surface area contributed by atoms with E-state index in [1.54, 1.807) is 0 Å². The molecule has 1 saturated carbocycles. The Hall–Kier alpha value is -4.46. The molecular formula is C28H24N8. The van der Waals surface area contributed by atoms with Gasteiger partial charge in [0.1, 0.15) is 11.4 Å². The highest BCUT2D eigenvalue weighted by Gasteiger charge is 2.26. The summed E-state index contributed by atoms with van der Waals surface area (Å²) in [5.74, 6) is 1.49. The topological polar surface area (TPSA) is 98.1 Å². The summed E-state index contributed by atoms with van der Waals surface area (Å²) in [5.41, 5.74) is 7.33. The van der Waals surface area contributed by atoms with Crippen LogP contribution in [0.4, 0.5) is 0 Å². The Morgan fingerprint density at radius 1 is 0.694 bits per heavy atom. The van der Waals surface area contributed by atoms with E-state index in [9.17, 15) is 0 Å². The summed E-state index contributed by atoms with van der Waals surface area (Å²) in [7, 11) is 0. The number of fused-ring (bicyclic) bond motifs is 2. The number of benzene rings is 3. The molecule has 1 aliphatic rings. The smallest absolute Gasteiger partial charge is 0.179 e. The SMILES string of the molecule is c1ccc(-c2nc3ccccc3nc2-c2nc3cc(-c4nnn[nH]4)ccc3n2C2CCCCC2)cc1. The van der Waals surface area contributed by atoms with Crippen molar-refractivity contribution in [1.29, 1.82) is 0 Å². The van der Waals surface area contributed by atoms with Gasteiger partial charge in [-0.25, -0.2) is 20.1 Å². The first kappa shape index (κ1) is 20.9. The van der Waals surface area contributed by atoms with Gasteiger partial charge in [-0.15, -0.1) is 5.10 Å². The molecule has 3 aromatic heterocycles. The molecule has 36 heavy (non-hydrogen) atoms. The van der Waals surface area contributed by atoms with Crippen molar-refractivity contribution in [3.05, 3.63) is 72.8 Å². The van der Waals surface area contributed by atoms with E-state index in [2.05, 4.69) is 55.5 Å². The summed E-state index contributed by atoms with van der Waals surface area (Å²) in [5, 5.41) is 14.4. The predicted molar refractivity (Wildman–Crippen MR) is 139 cm³/mol. The van der Waals surface area contributed by atoms with Crippen LogP contribution < -0.4 is 0 Å². The van der Waals surface area contributed by atoms with Crippen molar-refractivity contribution in [3.63, 3.8) is 0 Å². The molecule has 1 aliphatic carbocycles. The maximum Gasteiger partial charge on any atom is 0.179 e. The Morgan fingerprint density at radius 3 is 2.19 bits per heavy atom. The number of hydrogen-bond acceptors (Lipinski definition) is 6. The van der Waals surface area contributed by atoms with Crippen LogP contribution in [-0.2, 0) is 0 Å². The van der Waals surface area contributed by atoms with Gasteiger partial charge >= 0.3 is 0 Å². The molecule has 7 rings (SSSR count). The van der Waals surface area contributed by atoms with Crippen LogP contribution in [0.3, 0.4) is 0 Å². The molecule has 0 saturated heterocycles. The fraction of sp³-hybridized carbons (Fsp3) is 0.214. The van der Waals surface area contributed by atoms with Crippen LogP contribution in [0.5, 0.6) is 0 Å². The Bertz CT molecular complexity index is 1670. The third-order valence-corrected chi connectivity index (χ3v) is 7.08. The number of H-pyrrole nitrogens is 1. The standard InChI is InChI=1S/C28H24N8/c1-3-9-18(10-4-1)25-26(30-22-14-8-7-13-21(22)29-25)28-31-23-17-19(27-32-34-35-33-27)15-16-24(23)36(28)20-11-5-2-6-12-20/h1,3-4,7-10,13-17,20H,2,5-6,11-12H2,(H,32,33,34,35). The van der Waals surface area contributed by atoms with Crippen LogP contribution in [0.2, 0.25) is 0 Å². The Balaban J connectivity index is 1.51. The molecule has 0 spiro atoms. The molecule has 0 unspecified atom stereocenters. The second-order valence-corrected chi connectivity index (χ2v) is 9.33. The summed E-state index contributed by atoms with van der Waals surface area (Å²) in [4.78, 5) is 15.4. The molecular weight excluding hydrogens is 448 g/mol. The van der Waals surface area contributed by atoms with Gasteiger partial charge in [0, 0.05) is 17.2 Å². The highest BCUT2D eigenvalue weighted by molar-refractivity contribution is 5.89. The number of rotatable bonds is 4. The van der Waals surface area contributed by atoms with Crippen LogP contribution in [0.15, 0.2) is 72.8 Å². The lowest BCUT2D eigenvalue weighted by atomic mass is 9.95. The first-order valence-electron chi connectivity index (χ1n) is 12.4. The molecule has 0 radical (unpaired) electrons. The van der Waals surface area contributed by atoms with Gasteiger partial charge in [0.15, 0.2) is 11.6 Å². The summed E-state index contributed by atoms with van der Waals surface area (Å²) >= 11 is 0. The highest BCUT2D eigenvalue weighted by Crippen LogP contribution is 2.39. The van der Waals surface area contributed by atoms with Gasteiger partial charge in [-0.3, -0.25) is 0 Å². The van der Waals surface area contributed by atoms with E-state index in [1.807, 2.05) is 42.5 Å². The lowest BCUT2D eigenvalue weighted by Crippen LogP contribution is -2.14. The first-order chi connectivity index (χ1) is 17.8. The van der Waals surface area contributed by atoms with E-state index in [0.717, 1.165) is 63.2 Å². The van der Waals surface area contributed by atoms with Crippen molar-refractivity contribution in [2.75, 3.05) is 0 Å². The van der Waals surface area contributed by atoms with E-state index in [-0.39, 0.29) is 0 Å². The third-order valence-electron chi connectivity index (χ3n) is 7.08. The largest absolute Gasteiger partial charge is 0.319 e. The van der Waals surface area contributed by atoms with Crippen LogP contribution >= 0.6 is 0 Å². The normalized spacial score (nSPS) is 14.6. The second-order valence-electron chi connectivity index (χ2n) is 9.33. The molecule has 0 atom stereocenters. The zero-order valence-electron chi connectivity index (χ0n) is 19.7. The maximum atomic E-state index is 5.20. The van der Waals surface area contributed by atoms with Crippen LogP contribution in [0, 0.1) is 0 Å². The number of tetrazole rings is 1. The van der Waals surface area contributed by atoms with Crippen molar-refractivity contribution in [2.24, 2.45) is 0 Å². The van der Waals surface area contributed by atoms with Gasteiger partial charge in [0.25, 0.3) is 0 Å². The van der Waals surface area contributed by atoms with Crippen molar-refractivity contribution in [1.82, 2.24) is 40.1 Å². The van der Waals surface area contributed by atoms with E-state index >= 15 is 0 Å². The average Bonchev–Trinajstić information content (AvgIpc) is 3.61. The van der Waals surface area contributed by atoms with Crippen LogP contribution in [-0.4, -0.2) is 40.1 Å². The van der Waals surface area contributed by atoms with E-state index in [4.69, 9.17) is 15.0 Å². The molecule has 1 N–H and O–H groups in total. The minimum absolute atomic E-state index is 0.369. The van der Waals surface area contributed by atoms with E-state index in [0.29, 0.717) is 11.9 Å². The van der Waals surface area contributed by atoms with Gasteiger partial charge in [-0.05, 0) is 53.6 Å². The molecule has 3 aromatic carbocycles. The summed E-state index contributed by atoms with van der Waals surface area (Å²) in [6, 6.07) is 24.9. The second kappa shape index (κ2) is 8.64. The van der Waals surface area contributed by atoms with Crippen LogP contribution in [0.25, 0.3) is 56.2 Å². The number of nitrogens with one attached hydrogen (secondary N) is 1. The van der Waals surface area contributed by atoms with Crippen LogP contribution in [0.1, 0.15) is 38.1 Å². The van der Waals surface area contributed by atoms with Crippen molar-refractivity contribution < 1.29 is 0 Å². The molecule has 0 aliphatic heterocycles. The predicted octanol–water partition coefficient (Wildman–Crippen LogP) is 6.00. The van der Waals surface area contributed by atoms with E-state index in [1.165, 1.54) is 19.3 Å². The number of aromatic nitrogens is 8. The van der Waals surface area contributed by atoms with E-state index < -0.39 is 0 Å². The van der Waals surface area contributed by atoms with Crippen molar-refractivity contribution in [2.45, 2.75) is 38.1 Å². The van der Waals surface area contributed by atoms with Gasteiger partial charge in [0.2, 0.25) is 0 Å².